The Morgan fingerprint density at radius 1 is 1.24 bits per heavy atom. The van der Waals surface area contributed by atoms with Crippen LogP contribution in [-0.2, 0) is 20.9 Å². The third-order valence-corrected chi connectivity index (χ3v) is 3.48. The fourth-order valence-electron chi connectivity index (χ4n) is 2.06. The van der Waals surface area contributed by atoms with Gasteiger partial charge < -0.3 is 19.5 Å². The Balaban J connectivity index is 1.86. The van der Waals surface area contributed by atoms with Crippen LogP contribution in [0.1, 0.15) is 35.7 Å². The molecule has 1 fully saturated rings. The van der Waals surface area contributed by atoms with Crippen LogP contribution in [0.5, 0.6) is 5.75 Å². The largest absolute Gasteiger partial charge is 0.496 e. The van der Waals surface area contributed by atoms with E-state index in [9.17, 15) is 14.4 Å². The molecule has 1 aliphatic carbocycles. The molecule has 3 amide bonds. The van der Waals surface area contributed by atoms with Gasteiger partial charge in [-0.2, -0.15) is 0 Å². The van der Waals surface area contributed by atoms with Crippen LogP contribution in [0.15, 0.2) is 18.2 Å². The molecule has 0 aliphatic heterocycles. The minimum atomic E-state index is -0.686. The van der Waals surface area contributed by atoms with Gasteiger partial charge in [0.15, 0.2) is 6.61 Å². The summed E-state index contributed by atoms with van der Waals surface area (Å²) < 4.78 is 15.5. The van der Waals surface area contributed by atoms with E-state index in [1.165, 1.54) is 13.2 Å². The fourth-order valence-corrected chi connectivity index (χ4v) is 2.06. The molecule has 2 rings (SSSR count). The summed E-state index contributed by atoms with van der Waals surface area (Å²) in [6.07, 6.45) is 1.83. The van der Waals surface area contributed by atoms with Crippen LogP contribution >= 0.6 is 0 Å². The Morgan fingerprint density at radius 2 is 2.00 bits per heavy atom. The lowest BCUT2D eigenvalue weighted by atomic mass is 10.1. The number of ether oxygens (including phenoxy) is 3. The molecule has 1 aromatic carbocycles. The number of imide groups is 1. The summed E-state index contributed by atoms with van der Waals surface area (Å²) in [5.41, 5.74) is 0.970. The maximum absolute atomic E-state index is 12.1. The van der Waals surface area contributed by atoms with Crippen molar-refractivity contribution in [1.29, 1.82) is 0 Å². The second-order valence-corrected chi connectivity index (χ2v) is 5.54. The number of rotatable bonds is 8. The number of esters is 1. The maximum atomic E-state index is 12.1. The van der Waals surface area contributed by atoms with Crippen molar-refractivity contribution in [3.8, 4) is 5.75 Å². The highest BCUT2D eigenvalue weighted by Crippen LogP contribution is 2.21. The standard InChI is InChI=1S/C17H22N2O6/c1-3-24-9-12-8-11(4-7-14(12)23-2)16(21)25-10-15(20)19-17(22)18-13-5-6-13/h4,7-8,13H,3,5-6,9-10H2,1-2H3,(H2,18,19,20,22). The first-order chi connectivity index (χ1) is 12.0. The maximum Gasteiger partial charge on any atom is 0.338 e. The van der Waals surface area contributed by atoms with E-state index in [1.807, 2.05) is 6.92 Å². The lowest BCUT2D eigenvalue weighted by molar-refractivity contribution is -0.123. The van der Waals surface area contributed by atoms with Crippen molar-refractivity contribution in [3.05, 3.63) is 29.3 Å². The first-order valence-corrected chi connectivity index (χ1v) is 8.05. The van der Waals surface area contributed by atoms with Crippen LogP contribution < -0.4 is 15.4 Å². The van der Waals surface area contributed by atoms with E-state index in [0.29, 0.717) is 24.5 Å². The molecule has 0 heterocycles. The predicted molar refractivity (Wildman–Crippen MR) is 88.3 cm³/mol. The highest BCUT2D eigenvalue weighted by atomic mass is 16.5. The molecule has 1 aromatic rings. The van der Waals surface area contributed by atoms with Gasteiger partial charge >= 0.3 is 12.0 Å². The normalized spacial score (nSPS) is 13.0. The van der Waals surface area contributed by atoms with E-state index in [-0.39, 0.29) is 11.6 Å². The lowest BCUT2D eigenvalue weighted by Gasteiger charge is -2.11. The van der Waals surface area contributed by atoms with Gasteiger partial charge in [-0.3, -0.25) is 10.1 Å². The summed E-state index contributed by atoms with van der Waals surface area (Å²) in [6.45, 7) is 2.15. The van der Waals surface area contributed by atoms with E-state index < -0.39 is 24.5 Å². The van der Waals surface area contributed by atoms with Gasteiger partial charge in [0.1, 0.15) is 5.75 Å². The molecule has 0 unspecified atom stereocenters. The molecule has 1 aliphatic rings. The quantitative estimate of drug-likeness (QED) is 0.687. The van der Waals surface area contributed by atoms with Crippen LogP contribution in [0.4, 0.5) is 4.79 Å². The number of urea groups is 1. The molecule has 8 nitrogen and oxygen atoms in total. The van der Waals surface area contributed by atoms with Crippen molar-refractivity contribution in [2.75, 3.05) is 20.3 Å². The molecule has 2 N–H and O–H groups in total. The molecule has 0 atom stereocenters. The number of hydrogen-bond acceptors (Lipinski definition) is 6. The number of carbonyl (C=O) groups is 3. The number of benzene rings is 1. The Morgan fingerprint density at radius 3 is 2.64 bits per heavy atom. The lowest BCUT2D eigenvalue weighted by Crippen LogP contribution is -2.42. The molecule has 1 saturated carbocycles. The number of carbonyl (C=O) groups excluding carboxylic acids is 3. The third-order valence-electron chi connectivity index (χ3n) is 3.48. The topological polar surface area (TPSA) is 103 Å². The third kappa shape index (κ3) is 6.07. The number of amides is 3. The molecule has 0 saturated heterocycles. The van der Waals surface area contributed by atoms with Gasteiger partial charge in [-0.1, -0.05) is 0 Å². The van der Waals surface area contributed by atoms with E-state index >= 15 is 0 Å². The zero-order valence-corrected chi connectivity index (χ0v) is 14.3. The van der Waals surface area contributed by atoms with Crippen LogP contribution in [0.25, 0.3) is 0 Å². The molecular weight excluding hydrogens is 328 g/mol. The highest BCUT2D eigenvalue weighted by Gasteiger charge is 2.24. The molecule has 25 heavy (non-hydrogen) atoms. The molecular formula is C17H22N2O6. The van der Waals surface area contributed by atoms with Gasteiger partial charge in [-0.25, -0.2) is 9.59 Å². The number of nitrogens with one attached hydrogen (secondary N) is 2. The molecule has 8 heteroatoms. The summed E-state index contributed by atoms with van der Waals surface area (Å²) in [7, 11) is 1.53. The zero-order chi connectivity index (χ0) is 18.2. The van der Waals surface area contributed by atoms with Crippen LogP contribution in [-0.4, -0.2) is 44.3 Å². The molecule has 0 aromatic heterocycles. The summed E-state index contributed by atoms with van der Waals surface area (Å²) in [5, 5.41) is 4.71. The Kier molecular flexibility index (Phi) is 6.76. The fraction of sp³-hybridized carbons (Fsp3) is 0.471. The van der Waals surface area contributed by atoms with E-state index in [2.05, 4.69) is 10.6 Å². The van der Waals surface area contributed by atoms with E-state index in [0.717, 1.165) is 12.8 Å². The minimum absolute atomic E-state index is 0.137. The average Bonchev–Trinajstić information content (AvgIpc) is 3.41. The zero-order valence-electron chi connectivity index (χ0n) is 14.3. The van der Waals surface area contributed by atoms with Crippen molar-refractivity contribution in [2.24, 2.45) is 0 Å². The average molecular weight is 350 g/mol. The van der Waals surface area contributed by atoms with Crippen molar-refractivity contribution >= 4 is 17.9 Å². The van der Waals surface area contributed by atoms with Gasteiger partial charge in [-0.05, 0) is 38.0 Å². The Bertz CT molecular complexity index is 642. The molecule has 0 radical (unpaired) electrons. The Labute approximate surface area is 145 Å². The van der Waals surface area contributed by atoms with Crippen molar-refractivity contribution < 1.29 is 28.6 Å². The number of methoxy groups -OCH3 is 1. The smallest absolute Gasteiger partial charge is 0.338 e. The van der Waals surface area contributed by atoms with Gasteiger partial charge in [0.05, 0.1) is 19.3 Å². The highest BCUT2D eigenvalue weighted by molar-refractivity contribution is 5.97. The van der Waals surface area contributed by atoms with Gasteiger partial charge in [-0.15, -0.1) is 0 Å². The second kappa shape index (κ2) is 9.03. The minimum Gasteiger partial charge on any atom is -0.496 e. The molecule has 0 spiro atoms. The van der Waals surface area contributed by atoms with Crippen LogP contribution in [0.3, 0.4) is 0 Å². The van der Waals surface area contributed by atoms with Crippen LogP contribution in [0, 0.1) is 0 Å². The summed E-state index contributed by atoms with van der Waals surface area (Å²) in [5.74, 6) is -0.757. The predicted octanol–water partition coefficient (Wildman–Crippen LogP) is 1.38. The summed E-state index contributed by atoms with van der Waals surface area (Å²) in [4.78, 5) is 35.1. The van der Waals surface area contributed by atoms with E-state index in [4.69, 9.17) is 14.2 Å². The number of hydrogen-bond donors (Lipinski definition) is 2. The second-order valence-electron chi connectivity index (χ2n) is 5.54. The van der Waals surface area contributed by atoms with Crippen molar-refractivity contribution in [2.45, 2.75) is 32.4 Å². The van der Waals surface area contributed by atoms with Gasteiger partial charge in [0.25, 0.3) is 5.91 Å². The first-order valence-electron chi connectivity index (χ1n) is 8.05. The summed E-state index contributed by atoms with van der Waals surface area (Å²) in [6, 6.07) is 4.32. The van der Waals surface area contributed by atoms with Gasteiger partial charge in [0, 0.05) is 18.2 Å². The van der Waals surface area contributed by atoms with Gasteiger partial charge in [0.2, 0.25) is 0 Å². The SMILES string of the molecule is CCOCc1cc(C(=O)OCC(=O)NC(=O)NC2CC2)ccc1OC. The van der Waals surface area contributed by atoms with E-state index in [1.54, 1.807) is 12.1 Å². The monoisotopic (exact) mass is 350 g/mol. The summed E-state index contributed by atoms with van der Waals surface area (Å²) >= 11 is 0. The first kappa shape index (κ1) is 18.7. The van der Waals surface area contributed by atoms with Crippen molar-refractivity contribution in [3.63, 3.8) is 0 Å². The van der Waals surface area contributed by atoms with Crippen molar-refractivity contribution in [1.82, 2.24) is 10.6 Å². The molecule has 136 valence electrons. The molecule has 0 bridgehead atoms. The van der Waals surface area contributed by atoms with Crippen LogP contribution in [0.2, 0.25) is 0 Å². The Hall–Kier alpha value is -2.61.